The van der Waals surface area contributed by atoms with Crippen LogP contribution in [0.4, 0.5) is 0 Å². The molecule has 0 radical (unpaired) electrons. The lowest BCUT2D eigenvalue weighted by molar-refractivity contribution is -0.130. The topological polar surface area (TPSA) is 29.1 Å². The Labute approximate surface area is 103 Å². The largest absolute Gasteiger partial charge is 0.349 e. The molecule has 0 spiro atoms. The van der Waals surface area contributed by atoms with Crippen LogP contribution in [0.5, 0.6) is 0 Å². The molecular weight excluding hydrogens is 210 g/mol. The molecule has 0 saturated carbocycles. The second-order valence-corrected chi connectivity index (χ2v) is 5.50. The second kappa shape index (κ2) is 4.52. The molecule has 1 N–H and O–H groups in total. The average molecular weight is 231 g/mol. The number of hydrogen-bond acceptors (Lipinski definition) is 1. The normalized spacial score (nSPS) is 18.9. The quantitative estimate of drug-likeness (QED) is 0.850. The van der Waals surface area contributed by atoms with Gasteiger partial charge in [0.25, 0.3) is 0 Å². The predicted molar refractivity (Wildman–Crippen MR) is 69.7 cm³/mol. The van der Waals surface area contributed by atoms with E-state index >= 15 is 0 Å². The third-order valence-corrected chi connectivity index (χ3v) is 3.94. The molecule has 2 rings (SSSR count). The van der Waals surface area contributed by atoms with Gasteiger partial charge in [-0.15, -0.1) is 0 Å². The van der Waals surface area contributed by atoms with Crippen LogP contribution in [-0.4, -0.2) is 5.91 Å². The Hall–Kier alpha value is -1.31. The molecule has 17 heavy (non-hydrogen) atoms. The number of rotatable bonds is 3. The molecule has 1 atom stereocenters. The Morgan fingerprint density at radius 1 is 1.41 bits per heavy atom. The third kappa shape index (κ3) is 2.36. The van der Waals surface area contributed by atoms with Gasteiger partial charge in [0.15, 0.2) is 0 Å². The van der Waals surface area contributed by atoms with Crippen LogP contribution in [0.1, 0.15) is 50.8 Å². The molecule has 1 aliphatic rings. The van der Waals surface area contributed by atoms with Gasteiger partial charge in [-0.3, -0.25) is 4.79 Å². The number of hydrogen-bond donors (Lipinski definition) is 1. The summed E-state index contributed by atoms with van der Waals surface area (Å²) in [5.41, 5.74) is 2.41. The van der Waals surface area contributed by atoms with Gasteiger partial charge in [-0.25, -0.2) is 0 Å². The van der Waals surface area contributed by atoms with Gasteiger partial charge in [-0.2, -0.15) is 0 Å². The van der Waals surface area contributed by atoms with Crippen LogP contribution < -0.4 is 5.32 Å². The van der Waals surface area contributed by atoms with Crippen LogP contribution in [0.3, 0.4) is 0 Å². The van der Waals surface area contributed by atoms with Crippen molar-refractivity contribution in [3.8, 4) is 0 Å². The summed E-state index contributed by atoms with van der Waals surface area (Å²) < 4.78 is 0. The van der Waals surface area contributed by atoms with E-state index in [1.165, 1.54) is 11.1 Å². The molecule has 0 saturated heterocycles. The summed E-state index contributed by atoms with van der Waals surface area (Å²) in [7, 11) is 0. The van der Waals surface area contributed by atoms with Crippen LogP contribution in [0.2, 0.25) is 0 Å². The van der Waals surface area contributed by atoms with E-state index in [9.17, 15) is 4.79 Å². The minimum absolute atomic E-state index is 0.168. The van der Waals surface area contributed by atoms with Crippen LogP contribution in [0.25, 0.3) is 0 Å². The SMILES string of the molecule is CCC(C)(C)C(=O)NC1CCc2ccccc21. The zero-order valence-electron chi connectivity index (χ0n) is 10.9. The van der Waals surface area contributed by atoms with Crippen LogP contribution in [0.15, 0.2) is 24.3 Å². The Kier molecular flexibility index (Phi) is 3.23. The molecule has 92 valence electrons. The second-order valence-electron chi connectivity index (χ2n) is 5.50. The molecule has 1 aliphatic carbocycles. The summed E-state index contributed by atoms with van der Waals surface area (Å²) in [6, 6.07) is 8.62. The molecular formula is C15H21NO. The summed E-state index contributed by atoms with van der Waals surface area (Å²) >= 11 is 0. The Bertz CT molecular complexity index is 423. The van der Waals surface area contributed by atoms with E-state index in [0.717, 1.165) is 19.3 Å². The lowest BCUT2D eigenvalue weighted by Gasteiger charge is -2.24. The molecule has 0 aliphatic heterocycles. The van der Waals surface area contributed by atoms with E-state index in [1.807, 2.05) is 19.9 Å². The third-order valence-electron chi connectivity index (χ3n) is 3.94. The van der Waals surface area contributed by atoms with E-state index in [-0.39, 0.29) is 17.4 Å². The monoisotopic (exact) mass is 231 g/mol. The zero-order valence-corrected chi connectivity index (χ0v) is 10.9. The zero-order chi connectivity index (χ0) is 12.5. The van der Waals surface area contributed by atoms with Crippen molar-refractivity contribution in [3.05, 3.63) is 35.4 Å². The molecule has 2 nitrogen and oxygen atoms in total. The first kappa shape index (κ1) is 12.2. The van der Waals surface area contributed by atoms with Crippen molar-refractivity contribution in [3.63, 3.8) is 0 Å². The van der Waals surface area contributed by atoms with Crippen molar-refractivity contribution in [1.82, 2.24) is 5.32 Å². The molecule has 0 aromatic heterocycles. The average Bonchev–Trinajstić information content (AvgIpc) is 2.73. The Balaban J connectivity index is 2.10. The molecule has 0 bridgehead atoms. The first-order valence-electron chi connectivity index (χ1n) is 6.43. The molecule has 1 amide bonds. The van der Waals surface area contributed by atoms with Gasteiger partial charge in [-0.05, 0) is 30.4 Å². The first-order chi connectivity index (χ1) is 8.04. The highest BCUT2D eigenvalue weighted by atomic mass is 16.2. The fraction of sp³-hybridized carbons (Fsp3) is 0.533. The number of fused-ring (bicyclic) bond motifs is 1. The molecule has 0 heterocycles. The van der Waals surface area contributed by atoms with Crippen LogP contribution >= 0.6 is 0 Å². The smallest absolute Gasteiger partial charge is 0.226 e. The minimum atomic E-state index is -0.266. The fourth-order valence-electron chi connectivity index (χ4n) is 2.22. The van der Waals surface area contributed by atoms with Crippen molar-refractivity contribution in [2.75, 3.05) is 0 Å². The van der Waals surface area contributed by atoms with Crippen LogP contribution in [-0.2, 0) is 11.2 Å². The number of amides is 1. The number of aryl methyl sites for hydroxylation is 1. The standard InChI is InChI=1S/C15H21NO/c1-4-15(2,3)14(17)16-13-10-9-11-7-5-6-8-12(11)13/h5-8,13H,4,9-10H2,1-3H3,(H,16,17). The molecule has 1 aromatic carbocycles. The van der Waals surface area contributed by atoms with Crippen molar-refractivity contribution in [2.24, 2.45) is 5.41 Å². The van der Waals surface area contributed by atoms with Gasteiger partial charge in [0, 0.05) is 5.41 Å². The molecule has 1 unspecified atom stereocenters. The first-order valence-corrected chi connectivity index (χ1v) is 6.43. The highest BCUT2D eigenvalue weighted by Crippen LogP contribution is 2.32. The summed E-state index contributed by atoms with van der Waals surface area (Å²) in [5.74, 6) is 0.168. The summed E-state index contributed by atoms with van der Waals surface area (Å²) in [5, 5.41) is 3.19. The van der Waals surface area contributed by atoms with Crippen molar-refractivity contribution in [2.45, 2.75) is 46.1 Å². The molecule has 2 heteroatoms. The highest BCUT2D eigenvalue weighted by molar-refractivity contribution is 5.82. The number of nitrogens with one attached hydrogen (secondary N) is 1. The highest BCUT2D eigenvalue weighted by Gasteiger charge is 2.30. The van der Waals surface area contributed by atoms with E-state index in [0.29, 0.717) is 0 Å². The maximum absolute atomic E-state index is 12.2. The summed E-state index contributed by atoms with van der Waals surface area (Å²) in [6.07, 6.45) is 2.98. The number of benzene rings is 1. The van der Waals surface area contributed by atoms with Gasteiger partial charge in [-0.1, -0.05) is 45.0 Å². The summed E-state index contributed by atoms with van der Waals surface area (Å²) in [6.45, 7) is 6.06. The Morgan fingerprint density at radius 3 is 2.82 bits per heavy atom. The maximum Gasteiger partial charge on any atom is 0.226 e. The van der Waals surface area contributed by atoms with Gasteiger partial charge in [0.05, 0.1) is 6.04 Å². The van der Waals surface area contributed by atoms with E-state index < -0.39 is 0 Å². The number of carbonyl (C=O) groups is 1. The van der Waals surface area contributed by atoms with Gasteiger partial charge in [0.2, 0.25) is 5.91 Å². The number of carbonyl (C=O) groups excluding carboxylic acids is 1. The lowest BCUT2D eigenvalue weighted by atomic mass is 9.89. The predicted octanol–water partition coefficient (Wildman–Crippen LogP) is 3.23. The van der Waals surface area contributed by atoms with Gasteiger partial charge in [0.1, 0.15) is 0 Å². The van der Waals surface area contributed by atoms with Gasteiger partial charge < -0.3 is 5.32 Å². The maximum atomic E-state index is 12.2. The van der Waals surface area contributed by atoms with Crippen molar-refractivity contribution >= 4 is 5.91 Å². The Morgan fingerprint density at radius 2 is 2.12 bits per heavy atom. The van der Waals surface area contributed by atoms with E-state index in [2.05, 4.69) is 30.4 Å². The molecule has 0 fully saturated rings. The van der Waals surface area contributed by atoms with E-state index in [4.69, 9.17) is 0 Å². The fourth-order valence-corrected chi connectivity index (χ4v) is 2.22. The van der Waals surface area contributed by atoms with Crippen molar-refractivity contribution in [1.29, 1.82) is 0 Å². The van der Waals surface area contributed by atoms with E-state index in [1.54, 1.807) is 0 Å². The molecule has 1 aromatic rings. The van der Waals surface area contributed by atoms with Crippen molar-refractivity contribution < 1.29 is 4.79 Å². The minimum Gasteiger partial charge on any atom is -0.349 e. The van der Waals surface area contributed by atoms with Crippen LogP contribution in [0, 0.1) is 5.41 Å². The summed E-state index contributed by atoms with van der Waals surface area (Å²) in [4.78, 5) is 12.2. The van der Waals surface area contributed by atoms with Gasteiger partial charge >= 0.3 is 0 Å². The lowest BCUT2D eigenvalue weighted by Crippen LogP contribution is -2.38.